The summed E-state index contributed by atoms with van der Waals surface area (Å²) in [5, 5.41) is 4.43. The van der Waals surface area contributed by atoms with Crippen LogP contribution in [0.4, 0.5) is 0 Å². The summed E-state index contributed by atoms with van der Waals surface area (Å²) in [5.74, 6) is 1.06. The van der Waals surface area contributed by atoms with Crippen molar-refractivity contribution in [2.45, 2.75) is 32.1 Å². The monoisotopic (exact) mass is 305 g/mol. The third kappa shape index (κ3) is 2.65. The van der Waals surface area contributed by atoms with Crippen molar-refractivity contribution in [1.82, 2.24) is 5.32 Å². The van der Waals surface area contributed by atoms with Gasteiger partial charge in [0.05, 0.1) is 0 Å². The molecule has 0 saturated carbocycles. The molecule has 2 atom stereocenters. The van der Waals surface area contributed by atoms with Gasteiger partial charge in [-0.05, 0) is 56.0 Å². The van der Waals surface area contributed by atoms with Gasteiger partial charge in [-0.1, -0.05) is 29.8 Å². The van der Waals surface area contributed by atoms with Crippen LogP contribution in [0, 0.1) is 13.8 Å². The van der Waals surface area contributed by atoms with Crippen molar-refractivity contribution in [2.75, 3.05) is 13.1 Å². The number of halogens is 1. The standard InChI is InChI=1S/C17H20ClNS/c1-11-9-15(12(2)20-11)13-7-8-19-10-16(13)14-5-3-4-6-17(14)18/h3-6,9,13,16,19H,7-8,10H2,1-2H3. The van der Waals surface area contributed by atoms with Crippen LogP contribution in [-0.2, 0) is 0 Å². The summed E-state index contributed by atoms with van der Waals surface area (Å²) in [5.41, 5.74) is 2.81. The highest BCUT2D eigenvalue weighted by atomic mass is 35.5. The summed E-state index contributed by atoms with van der Waals surface area (Å²) in [7, 11) is 0. The minimum Gasteiger partial charge on any atom is -0.316 e. The average Bonchev–Trinajstić information content (AvgIpc) is 2.78. The van der Waals surface area contributed by atoms with E-state index in [0.717, 1.165) is 18.1 Å². The van der Waals surface area contributed by atoms with Crippen LogP contribution in [0.5, 0.6) is 0 Å². The maximum Gasteiger partial charge on any atom is 0.0441 e. The van der Waals surface area contributed by atoms with Crippen molar-refractivity contribution >= 4 is 22.9 Å². The number of rotatable bonds is 2. The van der Waals surface area contributed by atoms with Gasteiger partial charge in [0.2, 0.25) is 0 Å². The zero-order valence-electron chi connectivity index (χ0n) is 11.9. The van der Waals surface area contributed by atoms with Gasteiger partial charge in [0.1, 0.15) is 0 Å². The molecule has 0 aliphatic carbocycles. The first-order chi connectivity index (χ1) is 9.66. The zero-order chi connectivity index (χ0) is 14.1. The molecule has 1 aromatic carbocycles. The minimum absolute atomic E-state index is 0.477. The lowest BCUT2D eigenvalue weighted by Crippen LogP contribution is -2.34. The number of piperidine rings is 1. The summed E-state index contributed by atoms with van der Waals surface area (Å²) in [6.07, 6.45) is 1.19. The highest BCUT2D eigenvalue weighted by molar-refractivity contribution is 7.12. The van der Waals surface area contributed by atoms with Crippen LogP contribution in [-0.4, -0.2) is 13.1 Å². The first-order valence-electron chi connectivity index (χ1n) is 7.19. The van der Waals surface area contributed by atoms with E-state index in [4.69, 9.17) is 11.6 Å². The molecule has 106 valence electrons. The topological polar surface area (TPSA) is 12.0 Å². The predicted molar refractivity (Wildman–Crippen MR) is 88.2 cm³/mol. The summed E-state index contributed by atoms with van der Waals surface area (Å²) in [6, 6.07) is 10.7. The van der Waals surface area contributed by atoms with Gasteiger partial charge in [-0.25, -0.2) is 0 Å². The molecule has 3 rings (SSSR count). The predicted octanol–water partition coefficient (Wildman–Crippen LogP) is 4.88. The summed E-state index contributed by atoms with van der Waals surface area (Å²) < 4.78 is 0. The van der Waals surface area contributed by atoms with Crippen molar-refractivity contribution in [1.29, 1.82) is 0 Å². The molecule has 1 N–H and O–H groups in total. The summed E-state index contributed by atoms with van der Waals surface area (Å²) in [4.78, 5) is 2.88. The van der Waals surface area contributed by atoms with Gasteiger partial charge in [0, 0.05) is 27.2 Å². The van der Waals surface area contributed by atoms with Crippen LogP contribution in [0.15, 0.2) is 30.3 Å². The molecule has 0 bridgehead atoms. The van der Waals surface area contributed by atoms with Crippen LogP contribution in [0.1, 0.15) is 39.1 Å². The number of thiophene rings is 1. The normalized spacial score (nSPS) is 22.9. The lowest BCUT2D eigenvalue weighted by Gasteiger charge is -2.33. The molecule has 1 aliphatic rings. The quantitative estimate of drug-likeness (QED) is 0.834. The van der Waals surface area contributed by atoms with Crippen LogP contribution in [0.3, 0.4) is 0 Å². The van der Waals surface area contributed by atoms with E-state index in [-0.39, 0.29) is 0 Å². The van der Waals surface area contributed by atoms with E-state index in [1.165, 1.54) is 27.3 Å². The molecule has 1 aliphatic heterocycles. The molecule has 0 amide bonds. The molecule has 2 unspecified atom stereocenters. The Hall–Kier alpha value is -0.830. The Morgan fingerprint density at radius 1 is 1.15 bits per heavy atom. The number of hydrogen-bond acceptors (Lipinski definition) is 2. The molecule has 1 saturated heterocycles. The maximum atomic E-state index is 6.43. The van der Waals surface area contributed by atoms with Crippen molar-refractivity contribution in [2.24, 2.45) is 0 Å². The molecule has 2 heterocycles. The van der Waals surface area contributed by atoms with Gasteiger partial charge in [-0.2, -0.15) is 0 Å². The largest absolute Gasteiger partial charge is 0.316 e. The minimum atomic E-state index is 0.477. The third-order valence-electron chi connectivity index (χ3n) is 4.27. The van der Waals surface area contributed by atoms with Crippen molar-refractivity contribution in [3.63, 3.8) is 0 Å². The fraction of sp³-hybridized carbons (Fsp3) is 0.412. The van der Waals surface area contributed by atoms with E-state index in [0.29, 0.717) is 11.8 Å². The molecule has 3 heteroatoms. The molecule has 20 heavy (non-hydrogen) atoms. The number of nitrogens with one attached hydrogen (secondary N) is 1. The van der Waals surface area contributed by atoms with E-state index in [2.05, 4.69) is 37.4 Å². The van der Waals surface area contributed by atoms with Gasteiger partial charge in [0.25, 0.3) is 0 Å². The Morgan fingerprint density at radius 3 is 2.65 bits per heavy atom. The SMILES string of the molecule is Cc1cc(C2CCNCC2c2ccccc2Cl)c(C)s1. The van der Waals surface area contributed by atoms with Crippen molar-refractivity contribution < 1.29 is 0 Å². The molecule has 0 spiro atoms. The molecule has 1 nitrogen and oxygen atoms in total. The molecular formula is C17H20ClNS. The molecule has 2 aromatic rings. The van der Waals surface area contributed by atoms with Gasteiger partial charge in [-0.15, -0.1) is 11.3 Å². The summed E-state index contributed by atoms with van der Waals surface area (Å²) in [6.45, 7) is 6.56. The second kappa shape index (κ2) is 5.88. The first-order valence-corrected chi connectivity index (χ1v) is 8.38. The van der Waals surface area contributed by atoms with E-state index in [1.807, 2.05) is 23.5 Å². The maximum absolute atomic E-state index is 6.43. The van der Waals surface area contributed by atoms with E-state index in [1.54, 1.807) is 0 Å². The lowest BCUT2D eigenvalue weighted by atomic mass is 9.77. The molecule has 0 radical (unpaired) electrons. The fourth-order valence-corrected chi connectivity index (χ4v) is 4.62. The van der Waals surface area contributed by atoms with Crippen LogP contribution in [0.25, 0.3) is 0 Å². The Kier molecular flexibility index (Phi) is 4.16. The molecular weight excluding hydrogens is 286 g/mol. The van der Waals surface area contributed by atoms with Gasteiger partial charge >= 0.3 is 0 Å². The first kappa shape index (κ1) is 14.1. The van der Waals surface area contributed by atoms with Crippen molar-refractivity contribution in [3.8, 4) is 0 Å². The van der Waals surface area contributed by atoms with Gasteiger partial charge in [0.15, 0.2) is 0 Å². The van der Waals surface area contributed by atoms with Crippen LogP contribution in [0.2, 0.25) is 5.02 Å². The Labute approximate surface area is 130 Å². The number of benzene rings is 1. The van der Waals surface area contributed by atoms with E-state index >= 15 is 0 Å². The third-order valence-corrected chi connectivity index (χ3v) is 5.59. The summed E-state index contributed by atoms with van der Waals surface area (Å²) >= 11 is 8.34. The molecule has 1 aromatic heterocycles. The number of aryl methyl sites for hydroxylation is 2. The van der Waals surface area contributed by atoms with Crippen molar-refractivity contribution in [3.05, 3.63) is 56.2 Å². The second-order valence-electron chi connectivity index (χ2n) is 5.60. The van der Waals surface area contributed by atoms with Gasteiger partial charge < -0.3 is 5.32 Å². The smallest absolute Gasteiger partial charge is 0.0441 e. The zero-order valence-corrected chi connectivity index (χ0v) is 13.5. The van der Waals surface area contributed by atoms with E-state index < -0.39 is 0 Å². The lowest BCUT2D eigenvalue weighted by molar-refractivity contribution is 0.404. The second-order valence-corrected chi connectivity index (χ2v) is 7.46. The highest BCUT2D eigenvalue weighted by Crippen LogP contribution is 2.42. The highest BCUT2D eigenvalue weighted by Gasteiger charge is 2.30. The van der Waals surface area contributed by atoms with Crippen LogP contribution >= 0.6 is 22.9 Å². The molecule has 1 fully saturated rings. The van der Waals surface area contributed by atoms with E-state index in [9.17, 15) is 0 Å². The Bertz CT molecular complexity index is 605. The number of hydrogen-bond donors (Lipinski definition) is 1. The van der Waals surface area contributed by atoms with Gasteiger partial charge in [-0.3, -0.25) is 0 Å². The average molecular weight is 306 g/mol. The Balaban J connectivity index is 2.00. The van der Waals surface area contributed by atoms with Crippen LogP contribution < -0.4 is 5.32 Å². The fourth-order valence-electron chi connectivity index (χ4n) is 3.35. The Morgan fingerprint density at radius 2 is 1.95 bits per heavy atom.